The maximum Gasteiger partial charge on any atom is 0.243 e. The summed E-state index contributed by atoms with van der Waals surface area (Å²) in [5.41, 5.74) is 1.79. The van der Waals surface area contributed by atoms with Crippen LogP contribution in [0.3, 0.4) is 0 Å². The van der Waals surface area contributed by atoms with Crippen molar-refractivity contribution in [3.8, 4) is 0 Å². The summed E-state index contributed by atoms with van der Waals surface area (Å²) in [5, 5.41) is 9.43. The normalized spacial score (nSPS) is 16.0. The quantitative estimate of drug-likeness (QED) is 0.646. The lowest BCUT2D eigenvalue weighted by Gasteiger charge is -2.24. The van der Waals surface area contributed by atoms with Gasteiger partial charge in [0.2, 0.25) is 11.9 Å². The van der Waals surface area contributed by atoms with E-state index >= 15 is 0 Å². The summed E-state index contributed by atoms with van der Waals surface area (Å²) in [6.07, 6.45) is 5.70. The summed E-state index contributed by atoms with van der Waals surface area (Å²) in [4.78, 5) is 28.0. The SMILES string of the molecule is CN(C)C(=O)Cn1cc(Nc2ncc(Cl)c(N3OCCC3c3ccccc3)n2)cn1. The third kappa shape index (κ3) is 4.37. The molecular formula is C20H22ClN7O2. The minimum absolute atomic E-state index is 0.0197. The van der Waals surface area contributed by atoms with Gasteiger partial charge in [0.05, 0.1) is 30.7 Å². The predicted octanol–water partition coefficient (Wildman–Crippen LogP) is 3.04. The Morgan fingerprint density at radius 3 is 2.87 bits per heavy atom. The number of benzene rings is 1. The predicted molar refractivity (Wildman–Crippen MR) is 113 cm³/mol. The first-order chi connectivity index (χ1) is 14.5. The molecule has 1 N–H and O–H groups in total. The summed E-state index contributed by atoms with van der Waals surface area (Å²) >= 11 is 6.39. The maximum absolute atomic E-state index is 11.8. The molecule has 0 radical (unpaired) electrons. The van der Waals surface area contributed by atoms with Crippen LogP contribution in [0.15, 0.2) is 48.9 Å². The van der Waals surface area contributed by atoms with Gasteiger partial charge in [0.15, 0.2) is 5.82 Å². The van der Waals surface area contributed by atoms with Gasteiger partial charge >= 0.3 is 0 Å². The highest BCUT2D eigenvalue weighted by molar-refractivity contribution is 6.32. The van der Waals surface area contributed by atoms with E-state index < -0.39 is 0 Å². The molecule has 10 heteroatoms. The number of hydrogen-bond acceptors (Lipinski definition) is 7. The Balaban J connectivity index is 1.53. The third-order valence-electron chi connectivity index (χ3n) is 4.71. The number of likely N-dealkylation sites (N-methyl/N-ethyl adjacent to an activating group) is 1. The Labute approximate surface area is 179 Å². The van der Waals surface area contributed by atoms with Crippen molar-refractivity contribution in [3.63, 3.8) is 0 Å². The largest absolute Gasteiger partial charge is 0.347 e. The number of aromatic nitrogens is 4. The average molecular weight is 428 g/mol. The van der Waals surface area contributed by atoms with Gasteiger partial charge < -0.3 is 10.2 Å². The molecule has 1 unspecified atom stereocenters. The highest BCUT2D eigenvalue weighted by atomic mass is 35.5. The lowest BCUT2D eigenvalue weighted by molar-refractivity contribution is -0.129. The Morgan fingerprint density at radius 2 is 2.10 bits per heavy atom. The standard InChI is InChI=1S/C20H22ClN7O2/c1-26(2)18(29)13-27-12-15(10-23-27)24-20-22-11-16(21)19(25-20)28-17(8-9-30-28)14-6-4-3-5-7-14/h3-7,10-12,17H,8-9,13H2,1-2H3,(H,22,24,25). The van der Waals surface area contributed by atoms with Crippen molar-refractivity contribution in [1.29, 1.82) is 0 Å². The summed E-state index contributed by atoms with van der Waals surface area (Å²) in [5.74, 6) is 0.804. The van der Waals surface area contributed by atoms with E-state index in [1.807, 2.05) is 18.2 Å². The van der Waals surface area contributed by atoms with Gasteiger partial charge in [-0.05, 0) is 5.56 Å². The van der Waals surface area contributed by atoms with E-state index in [-0.39, 0.29) is 18.5 Å². The van der Waals surface area contributed by atoms with Gasteiger partial charge in [0, 0.05) is 26.7 Å². The molecule has 0 spiro atoms. The van der Waals surface area contributed by atoms with Crippen molar-refractivity contribution in [2.45, 2.75) is 19.0 Å². The van der Waals surface area contributed by atoms with E-state index in [0.717, 1.165) is 12.0 Å². The van der Waals surface area contributed by atoms with Crippen LogP contribution in [0.25, 0.3) is 0 Å². The molecule has 1 aromatic carbocycles. The second kappa shape index (κ2) is 8.68. The molecule has 1 amide bonds. The number of amides is 1. The molecule has 3 heterocycles. The van der Waals surface area contributed by atoms with Gasteiger partial charge in [-0.3, -0.25) is 14.3 Å². The van der Waals surface area contributed by atoms with Crippen LogP contribution in [-0.2, 0) is 16.2 Å². The Bertz CT molecular complexity index is 1030. The van der Waals surface area contributed by atoms with Crippen LogP contribution in [0.2, 0.25) is 5.02 Å². The highest BCUT2D eigenvalue weighted by Gasteiger charge is 2.30. The molecule has 0 bridgehead atoms. The fourth-order valence-electron chi connectivity index (χ4n) is 3.15. The fourth-order valence-corrected chi connectivity index (χ4v) is 3.33. The second-order valence-electron chi connectivity index (χ2n) is 7.08. The highest BCUT2D eigenvalue weighted by Crippen LogP contribution is 2.37. The summed E-state index contributed by atoms with van der Waals surface area (Å²) < 4.78 is 1.55. The summed E-state index contributed by atoms with van der Waals surface area (Å²) in [7, 11) is 3.41. The Hall–Kier alpha value is -3.17. The third-order valence-corrected chi connectivity index (χ3v) is 4.98. The molecule has 2 aromatic heterocycles. The lowest BCUT2D eigenvalue weighted by Crippen LogP contribution is -2.26. The second-order valence-corrected chi connectivity index (χ2v) is 7.49. The van der Waals surface area contributed by atoms with E-state index in [4.69, 9.17) is 16.4 Å². The van der Waals surface area contributed by atoms with Crippen LogP contribution in [0.4, 0.5) is 17.5 Å². The molecule has 156 valence electrons. The first kappa shape index (κ1) is 20.1. The molecule has 1 fully saturated rings. The van der Waals surface area contributed by atoms with Crippen LogP contribution in [0, 0.1) is 0 Å². The van der Waals surface area contributed by atoms with Gasteiger partial charge in [0.1, 0.15) is 11.6 Å². The number of carbonyl (C=O) groups excluding carboxylic acids is 1. The molecule has 0 aliphatic carbocycles. The van der Waals surface area contributed by atoms with E-state index in [1.54, 1.807) is 36.2 Å². The Kier molecular flexibility index (Phi) is 5.82. The van der Waals surface area contributed by atoms with E-state index in [0.29, 0.717) is 29.1 Å². The lowest BCUT2D eigenvalue weighted by atomic mass is 10.0. The fraction of sp³-hybridized carbons (Fsp3) is 0.300. The van der Waals surface area contributed by atoms with Crippen LogP contribution >= 0.6 is 11.6 Å². The zero-order valence-corrected chi connectivity index (χ0v) is 17.5. The van der Waals surface area contributed by atoms with E-state index in [2.05, 4.69) is 32.5 Å². The molecule has 0 saturated carbocycles. The Morgan fingerprint density at radius 1 is 1.30 bits per heavy atom. The van der Waals surface area contributed by atoms with Crippen LogP contribution < -0.4 is 10.4 Å². The number of hydroxylamine groups is 1. The molecule has 3 aromatic rings. The monoisotopic (exact) mass is 427 g/mol. The molecule has 1 saturated heterocycles. The number of nitrogens with zero attached hydrogens (tertiary/aromatic N) is 6. The van der Waals surface area contributed by atoms with Crippen molar-refractivity contribution in [3.05, 3.63) is 59.5 Å². The number of carbonyl (C=O) groups is 1. The van der Waals surface area contributed by atoms with Crippen molar-refractivity contribution in [2.75, 3.05) is 31.1 Å². The summed E-state index contributed by atoms with van der Waals surface area (Å²) in [6, 6.07) is 10.1. The van der Waals surface area contributed by atoms with Gasteiger partial charge in [-0.1, -0.05) is 41.9 Å². The van der Waals surface area contributed by atoms with E-state index in [1.165, 1.54) is 11.1 Å². The van der Waals surface area contributed by atoms with Crippen molar-refractivity contribution in [2.24, 2.45) is 0 Å². The first-order valence-electron chi connectivity index (χ1n) is 9.50. The van der Waals surface area contributed by atoms with Crippen LogP contribution in [-0.4, -0.2) is 51.3 Å². The van der Waals surface area contributed by atoms with Crippen LogP contribution in [0.1, 0.15) is 18.0 Å². The summed E-state index contributed by atoms with van der Waals surface area (Å²) in [6.45, 7) is 0.733. The first-order valence-corrected chi connectivity index (χ1v) is 9.88. The topological polar surface area (TPSA) is 88.4 Å². The molecule has 4 rings (SSSR count). The number of nitrogens with one attached hydrogen (secondary N) is 1. The van der Waals surface area contributed by atoms with Crippen LogP contribution in [0.5, 0.6) is 0 Å². The molecule has 1 aliphatic heterocycles. The zero-order chi connectivity index (χ0) is 21.1. The van der Waals surface area contributed by atoms with Gasteiger partial charge in [0.25, 0.3) is 0 Å². The molecular weight excluding hydrogens is 406 g/mol. The van der Waals surface area contributed by atoms with E-state index in [9.17, 15) is 4.79 Å². The average Bonchev–Trinajstić information content (AvgIpc) is 3.39. The molecule has 9 nitrogen and oxygen atoms in total. The number of rotatable bonds is 6. The molecule has 30 heavy (non-hydrogen) atoms. The number of anilines is 3. The smallest absolute Gasteiger partial charge is 0.243 e. The number of halogens is 1. The number of hydrogen-bond donors (Lipinski definition) is 1. The maximum atomic E-state index is 11.8. The molecule has 1 atom stereocenters. The van der Waals surface area contributed by atoms with Crippen molar-refractivity contribution in [1.82, 2.24) is 24.6 Å². The van der Waals surface area contributed by atoms with Gasteiger partial charge in [-0.2, -0.15) is 10.1 Å². The van der Waals surface area contributed by atoms with Gasteiger partial charge in [-0.15, -0.1) is 0 Å². The minimum Gasteiger partial charge on any atom is -0.347 e. The zero-order valence-electron chi connectivity index (χ0n) is 16.7. The van der Waals surface area contributed by atoms with Crippen molar-refractivity contribution < 1.29 is 9.63 Å². The minimum atomic E-state index is -0.0483. The van der Waals surface area contributed by atoms with Gasteiger partial charge in [-0.25, -0.2) is 10.0 Å². The van der Waals surface area contributed by atoms with Crippen molar-refractivity contribution >= 4 is 35.0 Å². The molecule has 1 aliphatic rings.